The molecule has 0 fully saturated rings. The van der Waals surface area contributed by atoms with Crippen LogP contribution in [-0.2, 0) is 25.9 Å². The van der Waals surface area contributed by atoms with Crippen molar-refractivity contribution in [3.63, 3.8) is 0 Å². The fraction of sp³-hybridized carbons (Fsp3) is 0.526. The van der Waals surface area contributed by atoms with Crippen LogP contribution in [0.2, 0.25) is 0 Å². The average Bonchev–Trinajstić information content (AvgIpc) is 2.91. The van der Waals surface area contributed by atoms with E-state index in [1.807, 2.05) is 24.3 Å². The number of ether oxygens (including phenoxy) is 1. The van der Waals surface area contributed by atoms with Crippen molar-refractivity contribution in [3.05, 3.63) is 41.5 Å². The zero-order valence-corrected chi connectivity index (χ0v) is 15.7. The summed E-state index contributed by atoms with van der Waals surface area (Å²) in [5, 5.41) is 15.4. The Kier molecular flexibility index (Phi) is 6.46. The summed E-state index contributed by atoms with van der Waals surface area (Å²) in [6.45, 7) is 2.53. The second-order valence-corrected chi connectivity index (χ2v) is 6.45. The summed E-state index contributed by atoms with van der Waals surface area (Å²) in [6.07, 6.45) is 5.61. The Labute approximate surface area is 154 Å². The topological polar surface area (TPSA) is 76.4 Å². The number of aliphatic imine (C=N–C) groups is 1. The van der Waals surface area contributed by atoms with Crippen LogP contribution in [0.4, 0.5) is 0 Å². The van der Waals surface area contributed by atoms with E-state index in [4.69, 9.17) is 4.74 Å². The molecule has 1 aromatic heterocycles. The van der Waals surface area contributed by atoms with Crippen LogP contribution in [-0.4, -0.2) is 41.4 Å². The fourth-order valence-electron chi connectivity index (χ4n) is 3.17. The van der Waals surface area contributed by atoms with Gasteiger partial charge in [-0.15, -0.1) is 10.2 Å². The molecule has 2 aromatic rings. The number of benzene rings is 1. The molecule has 0 bridgehead atoms. The van der Waals surface area contributed by atoms with E-state index in [9.17, 15) is 0 Å². The molecule has 140 valence electrons. The average molecular weight is 356 g/mol. The van der Waals surface area contributed by atoms with E-state index in [1.165, 1.54) is 24.8 Å². The minimum absolute atomic E-state index is 0.712. The molecule has 0 aliphatic carbocycles. The first-order valence-corrected chi connectivity index (χ1v) is 9.28. The molecule has 2 N–H and O–H groups in total. The monoisotopic (exact) mass is 356 g/mol. The SMILES string of the molecule is CN=C(NCCc1nnc2n1CCCCC2)NCc1ccc(OC)cc1. The van der Waals surface area contributed by atoms with E-state index in [-0.39, 0.29) is 0 Å². The molecule has 7 heteroatoms. The van der Waals surface area contributed by atoms with E-state index >= 15 is 0 Å². The van der Waals surface area contributed by atoms with Crippen LogP contribution in [0.25, 0.3) is 0 Å². The summed E-state index contributed by atoms with van der Waals surface area (Å²) < 4.78 is 7.48. The Morgan fingerprint density at radius 3 is 2.77 bits per heavy atom. The Morgan fingerprint density at radius 2 is 2.00 bits per heavy atom. The first-order chi connectivity index (χ1) is 12.8. The normalized spacial score (nSPS) is 14.5. The second-order valence-electron chi connectivity index (χ2n) is 6.45. The van der Waals surface area contributed by atoms with Crippen LogP contribution in [0.1, 0.15) is 36.5 Å². The predicted octanol–water partition coefficient (Wildman–Crippen LogP) is 1.92. The van der Waals surface area contributed by atoms with Crippen LogP contribution in [0.15, 0.2) is 29.3 Å². The van der Waals surface area contributed by atoms with Crippen LogP contribution in [0, 0.1) is 0 Å². The van der Waals surface area contributed by atoms with Crippen LogP contribution >= 0.6 is 0 Å². The first-order valence-electron chi connectivity index (χ1n) is 9.28. The molecule has 0 unspecified atom stereocenters. The number of guanidine groups is 1. The van der Waals surface area contributed by atoms with Crippen LogP contribution < -0.4 is 15.4 Å². The van der Waals surface area contributed by atoms with Gasteiger partial charge in [0.2, 0.25) is 0 Å². The van der Waals surface area contributed by atoms with Crippen molar-refractivity contribution in [1.82, 2.24) is 25.4 Å². The van der Waals surface area contributed by atoms with Gasteiger partial charge in [-0.1, -0.05) is 18.6 Å². The van der Waals surface area contributed by atoms with Gasteiger partial charge in [-0.2, -0.15) is 0 Å². The Bertz CT molecular complexity index is 722. The molecule has 2 heterocycles. The Hall–Kier alpha value is -2.57. The van der Waals surface area contributed by atoms with E-state index in [1.54, 1.807) is 14.2 Å². The Balaban J connectivity index is 1.46. The van der Waals surface area contributed by atoms with Crippen molar-refractivity contribution in [1.29, 1.82) is 0 Å². The maximum Gasteiger partial charge on any atom is 0.191 e. The molecular weight excluding hydrogens is 328 g/mol. The molecule has 0 saturated heterocycles. The predicted molar refractivity (Wildman–Crippen MR) is 102 cm³/mol. The number of hydrogen-bond donors (Lipinski definition) is 2. The molecule has 26 heavy (non-hydrogen) atoms. The summed E-state index contributed by atoms with van der Waals surface area (Å²) in [4.78, 5) is 4.29. The molecule has 1 aliphatic rings. The van der Waals surface area contributed by atoms with E-state index in [0.717, 1.165) is 49.3 Å². The molecule has 0 radical (unpaired) electrons. The molecule has 3 rings (SSSR count). The lowest BCUT2D eigenvalue weighted by Gasteiger charge is -2.12. The molecule has 0 saturated carbocycles. The minimum atomic E-state index is 0.712. The maximum atomic E-state index is 5.18. The smallest absolute Gasteiger partial charge is 0.191 e. The quantitative estimate of drug-likeness (QED) is 0.611. The van der Waals surface area contributed by atoms with E-state index in [2.05, 4.69) is 30.4 Å². The molecule has 1 aromatic carbocycles. The highest BCUT2D eigenvalue weighted by Gasteiger charge is 2.14. The number of hydrogen-bond acceptors (Lipinski definition) is 4. The summed E-state index contributed by atoms with van der Waals surface area (Å²) in [5.74, 6) is 3.86. The molecule has 0 atom stereocenters. The summed E-state index contributed by atoms with van der Waals surface area (Å²) in [6, 6.07) is 8.02. The van der Waals surface area contributed by atoms with Gasteiger partial charge in [0.25, 0.3) is 0 Å². The number of rotatable bonds is 6. The number of fused-ring (bicyclic) bond motifs is 1. The van der Waals surface area contributed by atoms with Gasteiger partial charge in [0.15, 0.2) is 5.96 Å². The zero-order valence-electron chi connectivity index (χ0n) is 15.7. The number of aromatic nitrogens is 3. The van der Waals surface area contributed by atoms with Crippen LogP contribution in [0.5, 0.6) is 5.75 Å². The van der Waals surface area contributed by atoms with Crippen molar-refractivity contribution >= 4 is 5.96 Å². The number of aryl methyl sites for hydroxylation is 1. The van der Waals surface area contributed by atoms with Gasteiger partial charge in [-0.05, 0) is 30.5 Å². The lowest BCUT2D eigenvalue weighted by Crippen LogP contribution is -2.38. The molecule has 0 spiro atoms. The van der Waals surface area contributed by atoms with Gasteiger partial charge < -0.3 is 19.9 Å². The number of nitrogens with one attached hydrogen (secondary N) is 2. The highest BCUT2D eigenvalue weighted by molar-refractivity contribution is 5.79. The van der Waals surface area contributed by atoms with Gasteiger partial charge in [0.1, 0.15) is 17.4 Å². The largest absolute Gasteiger partial charge is 0.497 e. The third-order valence-corrected chi connectivity index (χ3v) is 4.67. The highest BCUT2D eigenvalue weighted by atomic mass is 16.5. The lowest BCUT2D eigenvalue weighted by molar-refractivity contribution is 0.414. The van der Waals surface area contributed by atoms with Gasteiger partial charge >= 0.3 is 0 Å². The second kappa shape index (κ2) is 9.22. The lowest BCUT2D eigenvalue weighted by atomic mass is 10.2. The summed E-state index contributed by atoms with van der Waals surface area (Å²) in [5.41, 5.74) is 1.18. The van der Waals surface area contributed by atoms with E-state index in [0.29, 0.717) is 6.54 Å². The van der Waals surface area contributed by atoms with Crippen molar-refractivity contribution < 1.29 is 4.74 Å². The summed E-state index contributed by atoms with van der Waals surface area (Å²) in [7, 11) is 3.46. The third kappa shape index (κ3) is 4.74. The van der Waals surface area contributed by atoms with Gasteiger partial charge in [-0.3, -0.25) is 4.99 Å². The van der Waals surface area contributed by atoms with Gasteiger partial charge in [0.05, 0.1) is 7.11 Å². The van der Waals surface area contributed by atoms with Crippen molar-refractivity contribution in [2.45, 2.75) is 45.2 Å². The minimum Gasteiger partial charge on any atom is -0.497 e. The number of nitrogens with zero attached hydrogens (tertiary/aromatic N) is 4. The Morgan fingerprint density at radius 1 is 1.15 bits per heavy atom. The highest BCUT2D eigenvalue weighted by Crippen LogP contribution is 2.14. The van der Waals surface area contributed by atoms with Crippen LogP contribution in [0.3, 0.4) is 0 Å². The van der Waals surface area contributed by atoms with E-state index < -0.39 is 0 Å². The third-order valence-electron chi connectivity index (χ3n) is 4.67. The fourth-order valence-corrected chi connectivity index (χ4v) is 3.17. The summed E-state index contributed by atoms with van der Waals surface area (Å²) >= 11 is 0. The van der Waals surface area contributed by atoms with Crippen molar-refractivity contribution in [2.24, 2.45) is 4.99 Å². The zero-order chi connectivity index (χ0) is 18.2. The van der Waals surface area contributed by atoms with Crippen molar-refractivity contribution in [2.75, 3.05) is 20.7 Å². The molecular formula is C19H28N6O. The molecule has 0 amide bonds. The van der Waals surface area contributed by atoms with Gasteiger partial charge in [-0.25, -0.2) is 0 Å². The maximum absolute atomic E-state index is 5.18. The number of methoxy groups -OCH3 is 1. The standard InChI is InChI=1S/C19H28N6O/c1-20-19(22-14-15-7-9-16(26-2)10-8-15)21-12-11-18-24-23-17-6-4-3-5-13-25(17)18/h7-10H,3-6,11-14H2,1-2H3,(H2,20,21,22). The molecule has 7 nitrogen and oxygen atoms in total. The van der Waals surface area contributed by atoms with Gasteiger partial charge in [0, 0.05) is 39.5 Å². The van der Waals surface area contributed by atoms with Crippen molar-refractivity contribution in [3.8, 4) is 5.75 Å². The first kappa shape index (κ1) is 18.2. The molecule has 1 aliphatic heterocycles.